The second-order valence-corrected chi connectivity index (χ2v) is 5.57. The maximum Gasteiger partial charge on any atom is 1.00 e. The summed E-state index contributed by atoms with van der Waals surface area (Å²) in [6.07, 6.45) is 0. The maximum atomic E-state index is 11.3. The number of carbonyl (C=O) groups excluding carboxylic acids is 1. The Hall–Kier alpha value is 0.586. The van der Waals surface area contributed by atoms with E-state index in [0.29, 0.717) is 5.75 Å². The van der Waals surface area contributed by atoms with Crippen molar-refractivity contribution in [3.05, 3.63) is 24.3 Å². The molecule has 2 N–H and O–H groups in total. The van der Waals surface area contributed by atoms with E-state index < -0.39 is 0 Å². The molecule has 0 atom stereocenters. The van der Waals surface area contributed by atoms with Gasteiger partial charge in [0.25, 0.3) is 5.91 Å². The molecule has 0 saturated carbocycles. The summed E-state index contributed by atoms with van der Waals surface area (Å²) >= 11 is 10.9. The van der Waals surface area contributed by atoms with E-state index in [0.717, 1.165) is 5.75 Å². The van der Waals surface area contributed by atoms with Crippen LogP contribution in [0.3, 0.4) is 0 Å². The molecular weight excluding hydrogens is 327 g/mol. The van der Waals surface area contributed by atoms with Crippen LogP contribution in [0.15, 0.2) is 29.2 Å². The molecule has 98 valence electrons. The summed E-state index contributed by atoms with van der Waals surface area (Å²) in [5.74, 6) is 1.33. The van der Waals surface area contributed by atoms with Gasteiger partial charge in [0.15, 0.2) is 6.61 Å². The van der Waals surface area contributed by atoms with E-state index in [4.69, 9.17) is 4.74 Å². The van der Waals surface area contributed by atoms with E-state index in [9.17, 15) is 4.79 Å². The number of rotatable bonds is 5. The van der Waals surface area contributed by atoms with Crippen molar-refractivity contribution < 1.29 is 60.9 Å². The number of hydrazine groups is 1. The Morgan fingerprint density at radius 3 is 2.53 bits per heavy atom. The Morgan fingerprint density at radius 1 is 1.37 bits per heavy atom. The number of amides is 1. The zero-order chi connectivity index (χ0) is 13.4. The van der Waals surface area contributed by atoms with E-state index in [1.165, 1.54) is 4.90 Å². The Labute approximate surface area is 170 Å². The van der Waals surface area contributed by atoms with Crippen LogP contribution in [0.1, 0.15) is 6.92 Å². The number of hydrogen-bond donors (Lipinski definition) is 2. The first-order chi connectivity index (χ1) is 8.61. The van der Waals surface area contributed by atoms with Gasteiger partial charge >= 0.3 is 51.4 Å². The number of thioether (sulfide) groups is 1. The molecule has 0 aliphatic carbocycles. The third kappa shape index (κ3) is 9.19. The van der Waals surface area contributed by atoms with Crippen molar-refractivity contribution in [3.63, 3.8) is 0 Å². The summed E-state index contributed by atoms with van der Waals surface area (Å²) in [6.45, 7) is 2.00. The van der Waals surface area contributed by atoms with Gasteiger partial charge in [-0.3, -0.25) is 10.2 Å². The molecule has 0 aromatic heterocycles. The van der Waals surface area contributed by atoms with Crippen LogP contribution in [0, 0.1) is 0 Å². The first kappa shape index (κ1) is 19.6. The van der Waals surface area contributed by atoms with E-state index in [1.54, 1.807) is 11.8 Å². The van der Waals surface area contributed by atoms with Gasteiger partial charge in [-0.25, -0.2) is 0 Å². The summed E-state index contributed by atoms with van der Waals surface area (Å²) < 4.78 is 5.38. The van der Waals surface area contributed by atoms with Crippen molar-refractivity contribution in [2.75, 3.05) is 12.4 Å². The largest absolute Gasteiger partial charge is 1.00 e. The first-order valence-corrected chi connectivity index (χ1v) is 7.03. The molecule has 0 saturated heterocycles. The molecule has 0 spiro atoms. The van der Waals surface area contributed by atoms with Gasteiger partial charge < -0.3 is 35.0 Å². The molecule has 8 heteroatoms. The van der Waals surface area contributed by atoms with Gasteiger partial charge in [0.05, 0.1) is 0 Å². The minimum absolute atomic E-state index is 0. The van der Waals surface area contributed by atoms with E-state index in [2.05, 4.69) is 42.6 Å². The molecule has 4 nitrogen and oxygen atoms in total. The van der Waals surface area contributed by atoms with Crippen LogP contribution in [-0.4, -0.2) is 22.6 Å². The van der Waals surface area contributed by atoms with E-state index in [-0.39, 0.29) is 68.2 Å². The summed E-state index contributed by atoms with van der Waals surface area (Å²) in [5, 5.41) is 0. The Balaban J connectivity index is 0.00000324. The second kappa shape index (κ2) is 11.3. The van der Waals surface area contributed by atoms with Crippen molar-refractivity contribution in [2.45, 2.75) is 11.8 Å². The molecule has 1 aromatic rings. The molecule has 19 heavy (non-hydrogen) atoms. The van der Waals surface area contributed by atoms with Crippen LogP contribution < -0.4 is 67.0 Å². The molecule has 1 aromatic carbocycles. The molecule has 0 radical (unpaired) electrons. The van der Waals surface area contributed by atoms with Crippen LogP contribution in [0.5, 0.6) is 5.75 Å². The third-order valence-electron chi connectivity index (χ3n) is 1.81. The molecular formula is C11H13KN2O2S3. The maximum absolute atomic E-state index is 11.3. The van der Waals surface area contributed by atoms with Crippen LogP contribution in [-0.2, 0) is 17.4 Å². The third-order valence-corrected chi connectivity index (χ3v) is 2.91. The fourth-order valence-corrected chi connectivity index (χ4v) is 1.87. The van der Waals surface area contributed by atoms with Gasteiger partial charge in [0.2, 0.25) is 0 Å². The average molecular weight is 341 g/mol. The molecule has 0 bridgehead atoms. The number of hydrogen-bond acceptors (Lipinski definition) is 5. The minimum atomic E-state index is -0.339. The van der Waals surface area contributed by atoms with Gasteiger partial charge in [-0.15, -0.1) is 11.8 Å². The van der Waals surface area contributed by atoms with Gasteiger partial charge in [0.1, 0.15) is 5.75 Å². The van der Waals surface area contributed by atoms with Crippen molar-refractivity contribution in [3.8, 4) is 5.75 Å². The van der Waals surface area contributed by atoms with Crippen LogP contribution in [0.25, 0.3) is 0 Å². The molecule has 0 unspecified atom stereocenters. The SMILES string of the molecule is CCSc1ccc(OCC(=O)NNC(=S)[S-])cc1.[K+]. The standard InChI is InChI=1S/C11H14N2O2S3.K/c1-2-18-9-5-3-8(4-6-9)15-7-10(14)12-13-11(16)17;/h3-6H,2,7H2,1H3,(H,12,14)(H2,13,16,17);/q;+1/p-1. The smallest absolute Gasteiger partial charge is 0.484 e. The minimum Gasteiger partial charge on any atom is -0.484 e. The predicted octanol–water partition coefficient (Wildman–Crippen LogP) is -1.37. The zero-order valence-corrected chi connectivity index (χ0v) is 16.3. The Kier molecular flexibility index (Phi) is 11.6. The van der Waals surface area contributed by atoms with E-state index >= 15 is 0 Å². The number of thiocarbonyl (C=S) groups is 1. The topological polar surface area (TPSA) is 50.4 Å². The summed E-state index contributed by atoms with van der Waals surface area (Å²) in [6, 6.07) is 7.57. The molecule has 0 aliphatic heterocycles. The van der Waals surface area contributed by atoms with Gasteiger partial charge in [-0.2, -0.15) is 0 Å². The van der Waals surface area contributed by atoms with Crippen LogP contribution in [0.2, 0.25) is 0 Å². The molecule has 1 amide bonds. The Morgan fingerprint density at radius 2 is 2.00 bits per heavy atom. The van der Waals surface area contributed by atoms with Crippen molar-refractivity contribution in [2.24, 2.45) is 0 Å². The van der Waals surface area contributed by atoms with Crippen LogP contribution >= 0.6 is 24.0 Å². The summed E-state index contributed by atoms with van der Waals surface area (Å²) in [7, 11) is 0. The van der Waals surface area contributed by atoms with Crippen molar-refractivity contribution >= 4 is 46.8 Å². The zero-order valence-electron chi connectivity index (χ0n) is 10.8. The van der Waals surface area contributed by atoms with Gasteiger partial charge in [0, 0.05) is 4.90 Å². The number of ether oxygens (including phenoxy) is 1. The van der Waals surface area contributed by atoms with Crippen molar-refractivity contribution in [1.29, 1.82) is 0 Å². The number of benzene rings is 1. The quantitative estimate of drug-likeness (QED) is 0.227. The number of nitrogens with one attached hydrogen (secondary N) is 2. The molecule has 0 aliphatic rings. The fourth-order valence-electron chi connectivity index (χ4n) is 1.10. The molecule has 0 heterocycles. The average Bonchev–Trinajstić information content (AvgIpc) is 2.36. The van der Waals surface area contributed by atoms with Gasteiger partial charge in [-0.05, 0) is 34.3 Å². The second-order valence-electron chi connectivity index (χ2n) is 3.15. The molecule has 0 fully saturated rings. The normalized spacial score (nSPS) is 9.11. The van der Waals surface area contributed by atoms with E-state index in [1.807, 2.05) is 24.3 Å². The Bertz CT molecular complexity index is 415. The fraction of sp³-hybridized carbons (Fsp3) is 0.273. The van der Waals surface area contributed by atoms with Crippen LogP contribution in [0.4, 0.5) is 0 Å². The van der Waals surface area contributed by atoms with Gasteiger partial charge in [-0.1, -0.05) is 6.92 Å². The molecule has 1 rings (SSSR count). The summed E-state index contributed by atoms with van der Waals surface area (Å²) in [5.41, 5.74) is 4.69. The number of carbonyl (C=O) groups is 1. The summed E-state index contributed by atoms with van der Waals surface area (Å²) in [4.78, 5) is 12.5. The first-order valence-electron chi connectivity index (χ1n) is 5.23. The monoisotopic (exact) mass is 340 g/mol. The predicted molar refractivity (Wildman–Crippen MR) is 79.6 cm³/mol. The van der Waals surface area contributed by atoms with Crippen molar-refractivity contribution in [1.82, 2.24) is 10.9 Å².